The van der Waals surface area contributed by atoms with Gasteiger partial charge in [-0.15, -0.1) is 0 Å². The maximum atomic E-state index is 12.9. The smallest absolute Gasteiger partial charge is 0.126 e. The van der Waals surface area contributed by atoms with Gasteiger partial charge in [0.05, 0.1) is 13.2 Å². The minimum Gasteiger partial charge on any atom is -0.508 e. The van der Waals surface area contributed by atoms with Gasteiger partial charge in [0.15, 0.2) is 0 Å². The third-order valence-electron chi connectivity index (χ3n) is 3.04. The van der Waals surface area contributed by atoms with E-state index >= 15 is 0 Å². The van der Waals surface area contributed by atoms with Gasteiger partial charge in [-0.3, -0.25) is 4.90 Å². The molecule has 1 aliphatic rings. The van der Waals surface area contributed by atoms with E-state index in [2.05, 4.69) is 4.90 Å². The van der Waals surface area contributed by atoms with Crippen molar-refractivity contribution in [1.29, 1.82) is 0 Å². The van der Waals surface area contributed by atoms with Gasteiger partial charge in [0.25, 0.3) is 0 Å². The molecule has 1 saturated heterocycles. The highest BCUT2D eigenvalue weighted by Gasteiger charge is 2.20. The number of ether oxygens (including phenoxy) is 1. The topological polar surface area (TPSA) is 32.7 Å². The summed E-state index contributed by atoms with van der Waals surface area (Å²) in [7, 11) is 0. The van der Waals surface area contributed by atoms with E-state index in [1.54, 1.807) is 6.07 Å². The molecule has 0 aromatic heterocycles. The molecule has 1 aromatic carbocycles. The second kappa shape index (κ2) is 4.80. The van der Waals surface area contributed by atoms with Crippen LogP contribution in [-0.4, -0.2) is 36.3 Å². The van der Waals surface area contributed by atoms with E-state index in [1.807, 2.05) is 6.92 Å². The molecule has 16 heavy (non-hydrogen) atoms. The largest absolute Gasteiger partial charge is 0.508 e. The van der Waals surface area contributed by atoms with Gasteiger partial charge >= 0.3 is 0 Å². The molecule has 4 heteroatoms. The first-order valence-electron chi connectivity index (χ1n) is 5.48. The van der Waals surface area contributed by atoms with Gasteiger partial charge in [-0.05, 0) is 13.0 Å². The van der Waals surface area contributed by atoms with E-state index in [9.17, 15) is 9.50 Å². The Morgan fingerprint density at radius 1 is 1.38 bits per heavy atom. The molecule has 88 valence electrons. The average Bonchev–Trinajstić information content (AvgIpc) is 2.29. The predicted molar refractivity (Wildman–Crippen MR) is 58.9 cm³/mol. The average molecular weight is 225 g/mol. The fourth-order valence-corrected chi connectivity index (χ4v) is 2.03. The van der Waals surface area contributed by atoms with Crippen molar-refractivity contribution in [2.45, 2.75) is 13.0 Å². The zero-order chi connectivity index (χ0) is 11.5. The Morgan fingerprint density at radius 3 is 2.69 bits per heavy atom. The van der Waals surface area contributed by atoms with Crippen molar-refractivity contribution in [3.05, 3.63) is 29.6 Å². The second-order valence-corrected chi connectivity index (χ2v) is 4.03. The van der Waals surface area contributed by atoms with E-state index < -0.39 is 5.82 Å². The van der Waals surface area contributed by atoms with Crippen LogP contribution in [0.1, 0.15) is 18.5 Å². The lowest BCUT2D eigenvalue weighted by Gasteiger charge is -2.32. The van der Waals surface area contributed by atoms with Crippen molar-refractivity contribution in [1.82, 2.24) is 4.90 Å². The summed E-state index contributed by atoms with van der Waals surface area (Å²) in [5.74, 6) is -0.380. The Bertz CT molecular complexity index is 364. The van der Waals surface area contributed by atoms with E-state index in [0.29, 0.717) is 13.2 Å². The van der Waals surface area contributed by atoms with E-state index in [4.69, 9.17) is 4.74 Å². The molecule has 1 atom stereocenters. The van der Waals surface area contributed by atoms with Gasteiger partial charge in [-0.25, -0.2) is 4.39 Å². The molecule has 3 nitrogen and oxygen atoms in total. The summed E-state index contributed by atoms with van der Waals surface area (Å²) in [6, 6.07) is 4.27. The summed E-state index contributed by atoms with van der Waals surface area (Å²) in [4.78, 5) is 2.22. The number of rotatable bonds is 2. The third kappa shape index (κ3) is 2.33. The molecule has 1 aliphatic heterocycles. The number of hydrogen-bond donors (Lipinski definition) is 1. The number of phenols is 1. The van der Waals surface area contributed by atoms with Gasteiger partial charge in [-0.2, -0.15) is 0 Å². The SMILES string of the molecule is CC(c1ccc(F)cc1O)N1CCOCC1. The summed E-state index contributed by atoms with van der Waals surface area (Å²) in [6.07, 6.45) is 0. The van der Waals surface area contributed by atoms with E-state index in [0.717, 1.165) is 24.7 Å². The molecule has 1 N–H and O–H groups in total. The number of phenolic OH excluding ortho intramolecular Hbond substituents is 1. The summed E-state index contributed by atoms with van der Waals surface area (Å²) in [5, 5.41) is 9.69. The molecule has 0 amide bonds. The first-order chi connectivity index (χ1) is 7.68. The number of hydrogen-bond acceptors (Lipinski definition) is 3. The van der Waals surface area contributed by atoms with E-state index in [-0.39, 0.29) is 11.8 Å². The summed E-state index contributed by atoms with van der Waals surface area (Å²) in [5.41, 5.74) is 0.767. The molecule has 1 unspecified atom stereocenters. The number of aromatic hydroxyl groups is 1. The minimum atomic E-state index is -0.407. The first-order valence-corrected chi connectivity index (χ1v) is 5.48. The fraction of sp³-hybridized carbons (Fsp3) is 0.500. The number of benzene rings is 1. The van der Waals surface area contributed by atoms with Gasteiger partial charge < -0.3 is 9.84 Å². The summed E-state index contributed by atoms with van der Waals surface area (Å²) >= 11 is 0. The van der Waals surface area contributed by atoms with Crippen molar-refractivity contribution in [2.75, 3.05) is 26.3 Å². The van der Waals surface area contributed by atoms with Crippen LogP contribution in [0.25, 0.3) is 0 Å². The van der Waals surface area contributed by atoms with Crippen molar-refractivity contribution < 1.29 is 14.2 Å². The molecule has 0 aliphatic carbocycles. The van der Waals surface area contributed by atoms with Crippen molar-refractivity contribution in [2.24, 2.45) is 0 Å². The van der Waals surface area contributed by atoms with Gasteiger partial charge in [-0.1, -0.05) is 6.07 Å². The van der Waals surface area contributed by atoms with Crippen molar-refractivity contribution in [3.8, 4) is 5.75 Å². The van der Waals surface area contributed by atoms with Crippen LogP contribution in [0, 0.1) is 5.82 Å². The van der Waals surface area contributed by atoms with Crippen molar-refractivity contribution in [3.63, 3.8) is 0 Å². The normalized spacial score (nSPS) is 19.6. The Labute approximate surface area is 94.4 Å². The van der Waals surface area contributed by atoms with Gasteiger partial charge in [0.2, 0.25) is 0 Å². The lowest BCUT2D eigenvalue weighted by atomic mass is 10.1. The van der Waals surface area contributed by atoms with Crippen LogP contribution in [0.4, 0.5) is 4.39 Å². The monoisotopic (exact) mass is 225 g/mol. The van der Waals surface area contributed by atoms with Crippen LogP contribution in [0.2, 0.25) is 0 Å². The summed E-state index contributed by atoms with van der Waals surface area (Å²) in [6.45, 7) is 5.13. The molecule has 2 rings (SSSR count). The van der Waals surface area contributed by atoms with Crippen LogP contribution in [0.5, 0.6) is 5.75 Å². The van der Waals surface area contributed by atoms with Crippen LogP contribution in [0.3, 0.4) is 0 Å². The molecule has 0 saturated carbocycles. The van der Waals surface area contributed by atoms with Crippen LogP contribution >= 0.6 is 0 Å². The van der Waals surface area contributed by atoms with Crippen LogP contribution in [0.15, 0.2) is 18.2 Å². The summed E-state index contributed by atoms with van der Waals surface area (Å²) < 4.78 is 18.1. The number of morpholine rings is 1. The quantitative estimate of drug-likeness (QED) is 0.834. The maximum Gasteiger partial charge on any atom is 0.126 e. The molecular weight excluding hydrogens is 209 g/mol. The van der Waals surface area contributed by atoms with Crippen molar-refractivity contribution >= 4 is 0 Å². The maximum absolute atomic E-state index is 12.9. The molecule has 0 bridgehead atoms. The van der Waals surface area contributed by atoms with Gasteiger partial charge in [0.1, 0.15) is 11.6 Å². The van der Waals surface area contributed by atoms with Crippen LogP contribution < -0.4 is 0 Å². The molecular formula is C12H16FNO2. The fourth-order valence-electron chi connectivity index (χ4n) is 2.03. The molecule has 1 aromatic rings. The molecule has 1 heterocycles. The lowest BCUT2D eigenvalue weighted by molar-refractivity contribution is 0.0194. The zero-order valence-electron chi connectivity index (χ0n) is 9.32. The highest BCUT2D eigenvalue weighted by Crippen LogP contribution is 2.29. The number of nitrogens with zero attached hydrogens (tertiary/aromatic N) is 1. The Kier molecular flexibility index (Phi) is 3.41. The van der Waals surface area contributed by atoms with Gasteiger partial charge in [0, 0.05) is 30.8 Å². The Balaban J connectivity index is 2.15. The predicted octanol–water partition coefficient (Wildman–Crippen LogP) is 1.92. The Hall–Kier alpha value is -1.13. The highest BCUT2D eigenvalue weighted by molar-refractivity contribution is 5.35. The minimum absolute atomic E-state index is 0.0268. The molecule has 0 radical (unpaired) electrons. The number of halogens is 1. The highest BCUT2D eigenvalue weighted by atomic mass is 19.1. The second-order valence-electron chi connectivity index (χ2n) is 4.03. The van der Waals surface area contributed by atoms with E-state index in [1.165, 1.54) is 6.07 Å². The lowest BCUT2D eigenvalue weighted by Crippen LogP contribution is -2.38. The zero-order valence-corrected chi connectivity index (χ0v) is 9.32. The first kappa shape index (κ1) is 11.4. The molecule has 0 spiro atoms. The molecule has 1 fully saturated rings. The Morgan fingerprint density at radius 2 is 2.06 bits per heavy atom. The third-order valence-corrected chi connectivity index (χ3v) is 3.04. The van der Waals surface area contributed by atoms with Crippen LogP contribution in [-0.2, 0) is 4.74 Å². The standard InChI is InChI=1S/C12H16FNO2/c1-9(14-4-6-16-7-5-14)11-3-2-10(13)8-12(11)15/h2-3,8-9,15H,4-7H2,1H3.